The molecule has 108 valence electrons. The van der Waals surface area contributed by atoms with Gasteiger partial charge in [-0.3, -0.25) is 9.59 Å². The van der Waals surface area contributed by atoms with Crippen molar-refractivity contribution in [3.05, 3.63) is 29.3 Å². The molecule has 0 heterocycles. The number of para-hydroxylation sites is 1. The minimum atomic E-state index is -0.896. The van der Waals surface area contributed by atoms with Gasteiger partial charge < -0.3 is 10.6 Å². The van der Waals surface area contributed by atoms with Gasteiger partial charge in [0.2, 0.25) is 11.8 Å². The van der Waals surface area contributed by atoms with E-state index in [9.17, 15) is 9.59 Å². The zero-order chi connectivity index (χ0) is 14.6. The number of carbonyl (C=O) groups excluding carboxylic acids is 2. The second-order valence-corrected chi connectivity index (χ2v) is 5.53. The van der Waals surface area contributed by atoms with Crippen LogP contribution in [0.5, 0.6) is 0 Å². The first kappa shape index (κ1) is 14.9. The quantitative estimate of drug-likeness (QED) is 0.626. The van der Waals surface area contributed by atoms with E-state index in [-0.39, 0.29) is 11.8 Å². The average Bonchev–Trinajstić information content (AvgIpc) is 3.23. The molecule has 1 aromatic rings. The molecule has 1 saturated carbocycles. The molecule has 0 radical (unpaired) electrons. The SMILES string of the molecule is CCCCNC(=O)C1(C(=O)Nc2ccccc2Cl)CC1. The van der Waals surface area contributed by atoms with Gasteiger partial charge in [-0.05, 0) is 31.4 Å². The van der Waals surface area contributed by atoms with Crippen molar-refractivity contribution in [3.63, 3.8) is 0 Å². The van der Waals surface area contributed by atoms with Gasteiger partial charge in [0.15, 0.2) is 0 Å². The van der Waals surface area contributed by atoms with Crippen LogP contribution < -0.4 is 10.6 Å². The van der Waals surface area contributed by atoms with Crippen molar-refractivity contribution in [2.24, 2.45) is 5.41 Å². The number of carbonyl (C=O) groups is 2. The Hall–Kier alpha value is -1.55. The third-order valence-corrected chi connectivity index (χ3v) is 3.89. The third kappa shape index (κ3) is 3.12. The van der Waals surface area contributed by atoms with Crippen LogP contribution in [0.4, 0.5) is 5.69 Å². The number of anilines is 1. The first-order valence-corrected chi connectivity index (χ1v) is 7.32. The Balaban J connectivity index is 1.98. The molecule has 20 heavy (non-hydrogen) atoms. The Morgan fingerprint density at radius 3 is 2.55 bits per heavy atom. The molecule has 4 nitrogen and oxygen atoms in total. The maximum Gasteiger partial charge on any atom is 0.240 e. The van der Waals surface area contributed by atoms with Gasteiger partial charge in [-0.25, -0.2) is 0 Å². The van der Waals surface area contributed by atoms with Crippen LogP contribution in [0.15, 0.2) is 24.3 Å². The van der Waals surface area contributed by atoms with Crippen LogP contribution in [-0.4, -0.2) is 18.4 Å². The van der Waals surface area contributed by atoms with E-state index in [0.717, 1.165) is 12.8 Å². The number of benzene rings is 1. The first-order chi connectivity index (χ1) is 9.60. The van der Waals surface area contributed by atoms with Crippen molar-refractivity contribution in [2.45, 2.75) is 32.6 Å². The number of halogens is 1. The molecule has 1 aliphatic rings. The standard InChI is InChI=1S/C15H19ClN2O2/c1-2-3-10-17-13(19)15(8-9-15)14(20)18-12-7-5-4-6-11(12)16/h4-7H,2-3,8-10H2,1H3,(H,17,19)(H,18,20). The molecule has 2 N–H and O–H groups in total. The summed E-state index contributed by atoms with van der Waals surface area (Å²) >= 11 is 6.01. The van der Waals surface area contributed by atoms with Gasteiger partial charge in [-0.1, -0.05) is 37.1 Å². The molecule has 0 aromatic heterocycles. The average molecular weight is 295 g/mol. The van der Waals surface area contributed by atoms with Gasteiger partial charge in [0.05, 0.1) is 10.7 Å². The summed E-state index contributed by atoms with van der Waals surface area (Å²) in [6.07, 6.45) is 3.13. The van der Waals surface area contributed by atoms with Gasteiger partial charge in [0.1, 0.15) is 5.41 Å². The zero-order valence-corrected chi connectivity index (χ0v) is 12.3. The predicted molar refractivity (Wildman–Crippen MR) is 79.7 cm³/mol. The van der Waals surface area contributed by atoms with E-state index in [1.807, 2.05) is 0 Å². The van der Waals surface area contributed by atoms with Crippen LogP contribution in [0.2, 0.25) is 5.02 Å². The Morgan fingerprint density at radius 1 is 1.25 bits per heavy atom. The van der Waals surface area contributed by atoms with Gasteiger partial charge in [0, 0.05) is 6.54 Å². The van der Waals surface area contributed by atoms with Crippen molar-refractivity contribution in [1.82, 2.24) is 5.32 Å². The summed E-state index contributed by atoms with van der Waals surface area (Å²) in [6.45, 7) is 2.68. The van der Waals surface area contributed by atoms with Crippen molar-refractivity contribution in [1.29, 1.82) is 0 Å². The first-order valence-electron chi connectivity index (χ1n) is 6.94. The minimum absolute atomic E-state index is 0.171. The Morgan fingerprint density at radius 2 is 1.95 bits per heavy atom. The van der Waals surface area contributed by atoms with Crippen LogP contribution in [0.1, 0.15) is 32.6 Å². The highest BCUT2D eigenvalue weighted by Gasteiger charge is 2.56. The topological polar surface area (TPSA) is 58.2 Å². The normalized spacial score (nSPS) is 15.5. The Bertz CT molecular complexity index is 512. The number of nitrogens with one attached hydrogen (secondary N) is 2. The highest BCUT2D eigenvalue weighted by atomic mass is 35.5. The lowest BCUT2D eigenvalue weighted by molar-refractivity contribution is -0.134. The lowest BCUT2D eigenvalue weighted by atomic mass is 10.0. The maximum atomic E-state index is 12.3. The summed E-state index contributed by atoms with van der Waals surface area (Å²) < 4.78 is 0. The van der Waals surface area contributed by atoms with E-state index in [2.05, 4.69) is 17.6 Å². The van der Waals surface area contributed by atoms with Crippen LogP contribution in [0.25, 0.3) is 0 Å². The Labute approximate surface area is 123 Å². The summed E-state index contributed by atoms with van der Waals surface area (Å²) in [7, 11) is 0. The molecule has 5 heteroatoms. The summed E-state index contributed by atoms with van der Waals surface area (Å²) in [4.78, 5) is 24.4. The van der Waals surface area contributed by atoms with E-state index in [1.54, 1.807) is 24.3 Å². The molecule has 1 fully saturated rings. The van der Waals surface area contributed by atoms with Crippen molar-refractivity contribution < 1.29 is 9.59 Å². The van der Waals surface area contributed by atoms with Crippen LogP contribution in [0, 0.1) is 5.41 Å². The molecular weight excluding hydrogens is 276 g/mol. The number of hydrogen-bond acceptors (Lipinski definition) is 2. The van der Waals surface area contributed by atoms with Crippen molar-refractivity contribution >= 4 is 29.1 Å². The number of hydrogen-bond donors (Lipinski definition) is 2. The molecule has 0 unspecified atom stereocenters. The fourth-order valence-corrected chi connectivity index (χ4v) is 2.22. The van der Waals surface area contributed by atoms with Crippen LogP contribution in [0.3, 0.4) is 0 Å². The predicted octanol–water partition coefficient (Wildman–Crippen LogP) is 2.98. The summed E-state index contributed by atoms with van der Waals surface area (Å²) in [5.74, 6) is -0.435. The lowest BCUT2D eigenvalue weighted by Gasteiger charge is -2.15. The molecule has 1 aromatic carbocycles. The highest BCUT2D eigenvalue weighted by Crippen LogP contribution is 2.47. The van der Waals surface area contributed by atoms with Crippen molar-refractivity contribution in [3.8, 4) is 0 Å². The van der Waals surface area contributed by atoms with Gasteiger partial charge in [0.25, 0.3) is 0 Å². The van der Waals surface area contributed by atoms with Crippen LogP contribution in [-0.2, 0) is 9.59 Å². The molecule has 0 atom stereocenters. The fourth-order valence-electron chi connectivity index (χ4n) is 2.03. The minimum Gasteiger partial charge on any atom is -0.355 e. The summed E-state index contributed by atoms with van der Waals surface area (Å²) in [6, 6.07) is 7.02. The fraction of sp³-hybridized carbons (Fsp3) is 0.467. The largest absolute Gasteiger partial charge is 0.355 e. The Kier molecular flexibility index (Phi) is 4.65. The van der Waals surface area contributed by atoms with Gasteiger partial charge in [-0.2, -0.15) is 0 Å². The molecule has 2 rings (SSSR count). The molecule has 0 bridgehead atoms. The van der Waals surface area contributed by atoms with E-state index in [4.69, 9.17) is 11.6 Å². The summed E-state index contributed by atoms with van der Waals surface area (Å²) in [5, 5.41) is 6.06. The monoisotopic (exact) mass is 294 g/mol. The molecule has 0 spiro atoms. The lowest BCUT2D eigenvalue weighted by Crippen LogP contribution is -2.40. The van der Waals surface area contributed by atoms with Crippen molar-refractivity contribution in [2.75, 3.05) is 11.9 Å². The number of amides is 2. The van der Waals surface area contributed by atoms with E-state index < -0.39 is 5.41 Å². The molecule has 0 saturated heterocycles. The number of rotatable bonds is 6. The maximum absolute atomic E-state index is 12.3. The van der Waals surface area contributed by atoms with Gasteiger partial charge in [-0.15, -0.1) is 0 Å². The van der Waals surface area contributed by atoms with E-state index >= 15 is 0 Å². The smallest absolute Gasteiger partial charge is 0.240 e. The molecule has 1 aliphatic carbocycles. The second-order valence-electron chi connectivity index (χ2n) is 5.13. The molecular formula is C15H19ClN2O2. The second kappa shape index (κ2) is 6.27. The summed E-state index contributed by atoms with van der Waals surface area (Å²) in [5.41, 5.74) is -0.348. The number of unbranched alkanes of at least 4 members (excludes halogenated alkanes) is 1. The van der Waals surface area contributed by atoms with E-state index in [1.165, 1.54) is 0 Å². The van der Waals surface area contributed by atoms with E-state index in [0.29, 0.717) is 30.1 Å². The molecule has 0 aliphatic heterocycles. The van der Waals surface area contributed by atoms with Gasteiger partial charge >= 0.3 is 0 Å². The van der Waals surface area contributed by atoms with Crippen LogP contribution >= 0.6 is 11.6 Å². The highest BCUT2D eigenvalue weighted by molar-refractivity contribution is 6.34. The molecule has 2 amide bonds. The zero-order valence-electron chi connectivity index (χ0n) is 11.5. The third-order valence-electron chi connectivity index (χ3n) is 3.56.